The van der Waals surface area contributed by atoms with Gasteiger partial charge >= 0.3 is 5.69 Å². The molecule has 0 bridgehead atoms. The van der Waals surface area contributed by atoms with Gasteiger partial charge in [-0.1, -0.05) is 54.6 Å². The Kier molecular flexibility index (Phi) is 3.69. The van der Waals surface area contributed by atoms with Crippen molar-refractivity contribution in [2.24, 2.45) is 14.1 Å². The van der Waals surface area contributed by atoms with Crippen molar-refractivity contribution in [3.05, 3.63) is 75.4 Å². The van der Waals surface area contributed by atoms with Crippen LogP contribution >= 0.6 is 0 Å². The standard InChI is InChI=1S/C19H15N5O2/c1-23-18(25)15-17(21-19(23)26)24(2)22-16(20-15)14-10-8-13(9-11-14)12-6-4-3-5-7-12/h3-11H,1-2H3. The summed E-state index contributed by atoms with van der Waals surface area (Å²) in [7, 11) is 3.02. The Balaban J connectivity index is 1.84. The fraction of sp³-hybridized carbons (Fsp3) is 0.105. The molecule has 0 N–H and O–H groups in total. The van der Waals surface area contributed by atoms with E-state index in [1.165, 1.54) is 11.7 Å². The second-order valence-corrected chi connectivity index (χ2v) is 5.93. The summed E-state index contributed by atoms with van der Waals surface area (Å²) in [5, 5.41) is 4.34. The van der Waals surface area contributed by atoms with Gasteiger partial charge in [0.1, 0.15) is 0 Å². The maximum Gasteiger partial charge on any atom is 0.352 e. The van der Waals surface area contributed by atoms with Gasteiger partial charge in [0.25, 0.3) is 5.56 Å². The molecule has 7 heteroatoms. The third-order valence-electron chi connectivity index (χ3n) is 4.23. The zero-order chi connectivity index (χ0) is 18.3. The summed E-state index contributed by atoms with van der Waals surface area (Å²) in [5.41, 5.74) is 1.97. The van der Waals surface area contributed by atoms with Crippen LogP contribution in [0.3, 0.4) is 0 Å². The SMILES string of the molecule is Cn1nc(-c2ccc(-c3ccccc3)cc2)nc2c(=O)n(C)c(=O)nc1-2. The molecule has 0 fully saturated rings. The fourth-order valence-corrected chi connectivity index (χ4v) is 2.77. The molecule has 0 spiro atoms. The van der Waals surface area contributed by atoms with E-state index in [0.717, 1.165) is 21.3 Å². The molecule has 128 valence electrons. The van der Waals surface area contributed by atoms with E-state index in [1.807, 2.05) is 54.6 Å². The van der Waals surface area contributed by atoms with Crippen molar-refractivity contribution >= 4 is 0 Å². The van der Waals surface area contributed by atoms with Crippen molar-refractivity contribution in [1.82, 2.24) is 24.3 Å². The zero-order valence-electron chi connectivity index (χ0n) is 14.2. The average molecular weight is 345 g/mol. The van der Waals surface area contributed by atoms with Crippen LogP contribution in [0.5, 0.6) is 0 Å². The van der Waals surface area contributed by atoms with Crippen LogP contribution in [0.25, 0.3) is 34.0 Å². The molecule has 0 saturated heterocycles. The van der Waals surface area contributed by atoms with E-state index < -0.39 is 11.2 Å². The number of rotatable bonds is 2. The second kappa shape index (κ2) is 6.03. The molecule has 2 heterocycles. The second-order valence-electron chi connectivity index (χ2n) is 5.93. The van der Waals surface area contributed by atoms with Crippen LogP contribution in [0.4, 0.5) is 0 Å². The lowest BCUT2D eigenvalue weighted by Gasteiger charge is -2.11. The fourth-order valence-electron chi connectivity index (χ4n) is 2.77. The zero-order valence-corrected chi connectivity index (χ0v) is 14.2. The van der Waals surface area contributed by atoms with Crippen molar-refractivity contribution in [3.63, 3.8) is 0 Å². The molecular weight excluding hydrogens is 330 g/mol. The summed E-state index contributed by atoms with van der Waals surface area (Å²) >= 11 is 0. The van der Waals surface area contributed by atoms with Crippen molar-refractivity contribution in [3.8, 4) is 34.0 Å². The van der Waals surface area contributed by atoms with Crippen LogP contribution in [0.2, 0.25) is 0 Å². The van der Waals surface area contributed by atoms with E-state index in [1.54, 1.807) is 7.05 Å². The van der Waals surface area contributed by atoms with Crippen LogP contribution < -0.4 is 11.2 Å². The predicted octanol–water partition coefficient (Wildman–Crippen LogP) is 1.71. The van der Waals surface area contributed by atoms with Gasteiger partial charge in [0.05, 0.1) is 0 Å². The summed E-state index contributed by atoms with van der Waals surface area (Å²) < 4.78 is 2.35. The minimum absolute atomic E-state index is 0.117. The summed E-state index contributed by atoms with van der Waals surface area (Å²) in [4.78, 5) is 32.3. The Morgan fingerprint density at radius 2 is 1.38 bits per heavy atom. The number of nitrogens with zero attached hydrogens (tertiary/aromatic N) is 5. The first-order valence-electron chi connectivity index (χ1n) is 8.02. The summed E-state index contributed by atoms with van der Waals surface area (Å²) in [6.07, 6.45) is 0. The van der Waals surface area contributed by atoms with Crippen molar-refractivity contribution in [1.29, 1.82) is 0 Å². The highest BCUT2D eigenvalue weighted by Gasteiger charge is 2.19. The van der Waals surface area contributed by atoms with E-state index in [0.29, 0.717) is 5.82 Å². The van der Waals surface area contributed by atoms with Crippen LogP contribution in [0.15, 0.2) is 64.2 Å². The van der Waals surface area contributed by atoms with E-state index in [-0.39, 0.29) is 11.5 Å². The Hall–Kier alpha value is -3.61. The molecule has 0 aromatic heterocycles. The smallest absolute Gasteiger partial charge is 0.267 e. The van der Waals surface area contributed by atoms with Crippen LogP contribution in [-0.4, -0.2) is 24.3 Å². The van der Waals surface area contributed by atoms with Crippen LogP contribution in [0.1, 0.15) is 0 Å². The molecule has 26 heavy (non-hydrogen) atoms. The summed E-state index contributed by atoms with van der Waals surface area (Å²) in [6, 6.07) is 17.8. The number of aryl methyl sites for hydroxylation is 1. The van der Waals surface area contributed by atoms with Gasteiger partial charge in [-0.3, -0.25) is 9.36 Å². The van der Waals surface area contributed by atoms with Gasteiger partial charge in [0.15, 0.2) is 17.3 Å². The summed E-state index contributed by atoms with van der Waals surface area (Å²) in [5.74, 6) is 0.569. The lowest BCUT2D eigenvalue weighted by molar-refractivity contribution is 0.678. The van der Waals surface area contributed by atoms with Gasteiger partial charge in [-0.2, -0.15) is 10.1 Å². The van der Waals surface area contributed by atoms with Crippen molar-refractivity contribution < 1.29 is 0 Å². The first kappa shape index (κ1) is 15.9. The Morgan fingerprint density at radius 3 is 2.08 bits per heavy atom. The topological polar surface area (TPSA) is 82.7 Å². The molecule has 4 rings (SSSR count). The van der Waals surface area contributed by atoms with Gasteiger partial charge in [-0.25, -0.2) is 14.5 Å². The molecule has 0 aliphatic carbocycles. The van der Waals surface area contributed by atoms with E-state index in [9.17, 15) is 9.59 Å². The van der Waals surface area contributed by atoms with E-state index in [2.05, 4.69) is 15.1 Å². The number of hydrogen-bond acceptors (Lipinski definition) is 5. The molecule has 2 aliphatic heterocycles. The lowest BCUT2D eigenvalue weighted by Crippen LogP contribution is -2.36. The highest BCUT2D eigenvalue weighted by Crippen LogP contribution is 2.23. The average Bonchev–Trinajstić information content (AvgIpc) is 2.68. The van der Waals surface area contributed by atoms with Gasteiger partial charge in [0, 0.05) is 19.7 Å². The molecular formula is C19H15N5O2. The van der Waals surface area contributed by atoms with Gasteiger partial charge in [0.2, 0.25) is 0 Å². The van der Waals surface area contributed by atoms with Gasteiger partial charge in [-0.05, 0) is 11.1 Å². The number of aromatic nitrogens is 5. The largest absolute Gasteiger partial charge is 0.352 e. The van der Waals surface area contributed by atoms with Crippen LogP contribution in [-0.2, 0) is 14.1 Å². The third-order valence-corrected chi connectivity index (χ3v) is 4.23. The van der Waals surface area contributed by atoms with Gasteiger partial charge in [-0.15, -0.1) is 0 Å². The third kappa shape index (κ3) is 2.59. The highest BCUT2D eigenvalue weighted by molar-refractivity contribution is 5.68. The number of benzene rings is 2. The molecule has 7 nitrogen and oxygen atoms in total. The molecule has 0 unspecified atom stereocenters. The molecule has 0 atom stereocenters. The predicted molar refractivity (Wildman–Crippen MR) is 97.8 cm³/mol. The summed E-state index contributed by atoms with van der Waals surface area (Å²) in [6.45, 7) is 0. The van der Waals surface area contributed by atoms with Crippen molar-refractivity contribution in [2.45, 2.75) is 0 Å². The van der Waals surface area contributed by atoms with Gasteiger partial charge < -0.3 is 0 Å². The maximum atomic E-state index is 12.3. The lowest BCUT2D eigenvalue weighted by atomic mass is 10.0. The normalized spacial score (nSPS) is 11.0. The van der Waals surface area contributed by atoms with E-state index >= 15 is 0 Å². The Labute approximate surface area is 148 Å². The first-order valence-corrected chi connectivity index (χ1v) is 8.02. The molecule has 0 amide bonds. The molecule has 0 saturated carbocycles. The minimum Gasteiger partial charge on any atom is -0.267 e. The molecule has 2 aliphatic rings. The maximum absolute atomic E-state index is 12.3. The Bertz CT molecular complexity index is 1180. The number of hydrogen-bond donors (Lipinski definition) is 0. The molecule has 2 aromatic rings. The van der Waals surface area contributed by atoms with E-state index in [4.69, 9.17) is 0 Å². The quantitative estimate of drug-likeness (QED) is 0.552. The highest BCUT2D eigenvalue weighted by atomic mass is 16.2. The Morgan fingerprint density at radius 1 is 0.769 bits per heavy atom. The number of fused-ring (bicyclic) bond motifs is 1. The van der Waals surface area contributed by atoms with Crippen molar-refractivity contribution in [2.75, 3.05) is 0 Å². The van der Waals surface area contributed by atoms with Crippen LogP contribution in [0, 0.1) is 0 Å². The monoisotopic (exact) mass is 345 g/mol. The first-order chi connectivity index (χ1) is 12.5. The molecule has 0 radical (unpaired) electrons. The minimum atomic E-state index is -0.623. The molecule has 2 aromatic carbocycles.